The van der Waals surface area contributed by atoms with Gasteiger partial charge in [-0.15, -0.1) is 0 Å². The van der Waals surface area contributed by atoms with Crippen molar-refractivity contribution in [1.29, 1.82) is 0 Å². The van der Waals surface area contributed by atoms with Crippen LogP contribution in [0.2, 0.25) is 5.02 Å². The van der Waals surface area contributed by atoms with Crippen LogP contribution in [0.25, 0.3) is 0 Å². The van der Waals surface area contributed by atoms with Gasteiger partial charge in [-0.05, 0) is 36.5 Å². The van der Waals surface area contributed by atoms with Gasteiger partial charge in [0.25, 0.3) is 0 Å². The molecule has 19 heavy (non-hydrogen) atoms. The second-order valence-electron chi connectivity index (χ2n) is 5.62. The number of nitrogens with zero attached hydrogens (tertiary/aromatic N) is 1. The van der Waals surface area contributed by atoms with E-state index in [0.29, 0.717) is 16.0 Å². The minimum atomic E-state index is -0.893. The molecule has 104 valence electrons. The van der Waals surface area contributed by atoms with E-state index in [2.05, 4.69) is 18.7 Å². The third-order valence-corrected chi connectivity index (χ3v) is 4.59. The van der Waals surface area contributed by atoms with Gasteiger partial charge in [-0.3, -0.25) is 0 Å². The van der Waals surface area contributed by atoms with Crippen molar-refractivity contribution >= 4 is 23.3 Å². The Morgan fingerprint density at radius 3 is 2.58 bits per heavy atom. The molecular weight excluding hydrogens is 262 g/mol. The number of aromatic carboxylic acids is 1. The summed E-state index contributed by atoms with van der Waals surface area (Å²) in [6.07, 6.45) is 3.35. The standard InChI is InChI=1S/C15H20ClNO2/c1-3-15(2)6-8-17(9-7-15)13-10-11(16)4-5-12(13)14(18)19/h4-5,10H,3,6-9H2,1-2H3,(H,18,19). The van der Waals surface area contributed by atoms with Gasteiger partial charge in [0, 0.05) is 18.1 Å². The number of halogens is 1. The van der Waals surface area contributed by atoms with E-state index in [1.807, 2.05) is 0 Å². The van der Waals surface area contributed by atoms with Crippen LogP contribution < -0.4 is 4.90 Å². The van der Waals surface area contributed by atoms with Crippen molar-refractivity contribution < 1.29 is 9.90 Å². The molecule has 0 unspecified atom stereocenters. The van der Waals surface area contributed by atoms with Crippen LogP contribution in [0, 0.1) is 5.41 Å². The van der Waals surface area contributed by atoms with E-state index in [-0.39, 0.29) is 0 Å². The van der Waals surface area contributed by atoms with Gasteiger partial charge in [-0.25, -0.2) is 4.79 Å². The lowest BCUT2D eigenvalue weighted by Gasteiger charge is -2.40. The van der Waals surface area contributed by atoms with Crippen molar-refractivity contribution in [2.75, 3.05) is 18.0 Å². The lowest BCUT2D eigenvalue weighted by molar-refractivity contribution is 0.0697. The average Bonchev–Trinajstić information content (AvgIpc) is 2.39. The highest BCUT2D eigenvalue weighted by atomic mass is 35.5. The van der Waals surface area contributed by atoms with Crippen LogP contribution in [-0.4, -0.2) is 24.2 Å². The zero-order valence-corrected chi connectivity index (χ0v) is 12.2. The molecule has 1 saturated heterocycles. The second-order valence-corrected chi connectivity index (χ2v) is 6.05. The molecule has 0 aliphatic carbocycles. The van der Waals surface area contributed by atoms with E-state index in [0.717, 1.165) is 31.6 Å². The Kier molecular flexibility index (Phi) is 4.04. The van der Waals surface area contributed by atoms with E-state index < -0.39 is 5.97 Å². The van der Waals surface area contributed by atoms with Gasteiger partial charge in [-0.2, -0.15) is 0 Å². The van der Waals surface area contributed by atoms with Crippen LogP contribution in [0.1, 0.15) is 43.5 Å². The molecule has 0 atom stereocenters. The Labute approximate surface area is 119 Å². The third kappa shape index (κ3) is 3.03. The number of carboxylic acid groups (broad SMARTS) is 1. The molecule has 0 amide bonds. The average molecular weight is 282 g/mol. The number of piperidine rings is 1. The summed E-state index contributed by atoms with van der Waals surface area (Å²) in [4.78, 5) is 13.4. The van der Waals surface area contributed by atoms with Crippen molar-refractivity contribution in [2.45, 2.75) is 33.1 Å². The summed E-state index contributed by atoms with van der Waals surface area (Å²) >= 11 is 6.00. The minimum Gasteiger partial charge on any atom is -0.478 e. The molecule has 0 bridgehead atoms. The van der Waals surface area contributed by atoms with Gasteiger partial charge in [0.2, 0.25) is 0 Å². The molecule has 1 fully saturated rings. The SMILES string of the molecule is CCC1(C)CCN(c2cc(Cl)ccc2C(=O)O)CC1. The molecule has 0 radical (unpaired) electrons. The normalized spacial score (nSPS) is 18.4. The molecule has 4 heteroatoms. The number of hydrogen-bond acceptors (Lipinski definition) is 2. The van der Waals surface area contributed by atoms with E-state index in [4.69, 9.17) is 11.6 Å². The highest BCUT2D eigenvalue weighted by Crippen LogP contribution is 2.37. The van der Waals surface area contributed by atoms with Crippen LogP contribution >= 0.6 is 11.6 Å². The Bertz CT molecular complexity index is 479. The van der Waals surface area contributed by atoms with Gasteiger partial charge in [0.05, 0.1) is 11.3 Å². The molecule has 1 aromatic carbocycles. The largest absolute Gasteiger partial charge is 0.478 e. The first-order valence-corrected chi connectivity index (χ1v) is 7.11. The quantitative estimate of drug-likeness (QED) is 0.908. The number of rotatable bonds is 3. The van der Waals surface area contributed by atoms with Crippen molar-refractivity contribution in [3.05, 3.63) is 28.8 Å². The fourth-order valence-electron chi connectivity index (χ4n) is 2.59. The summed E-state index contributed by atoms with van der Waals surface area (Å²) in [5.41, 5.74) is 1.47. The smallest absolute Gasteiger partial charge is 0.337 e. The zero-order valence-electron chi connectivity index (χ0n) is 11.4. The van der Waals surface area contributed by atoms with Crippen molar-refractivity contribution in [3.63, 3.8) is 0 Å². The van der Waals surface area contributed by atoms with E-state index in [1.165, 1.54) is 6.42 Å². The lowest BCUT2D eigenvalue weighted by Crippen LogP contribution is -2.39. The molecule has 3 nitrogen and oxygen atoms in total. The topological polar surface area (TPSA) is 40.5 Å². The molecule has 1 heterocycles. The Morgan fingerprint density at radius 1 is 1.42 bits per heavy atom. The maximum absolute atomic E-state index is 11.3. The number of carbonyl (C=O) groups is 1. The minimum absolute atomic E-state index is 0.338. The summed E-state index contributed by atoms with van der Waals surface area (Å²) in [7, 11) is 0. The van der Waals surface area contributed by atoms with E-state index in [1.54, 1.807) is 18.2 Å². The summed E-state index contributed by atoms with van der Waals surface area (Å²) in [5, 5.41) is 9.85. The fraction of sp³-hybridized carbons (Fsp3) is 0.533. The van der Waals surface area contributed by atoms with Gasteiger partial charge < -0.3 is 10.0 Å². The molecule has 1 aliphatic heterocycles. The third-order valence-electron chi connectivity index (χ3n) is 4.35. The maximum atomic E-state index is 11.3. The predicted molar refractivity (Wildman–Crippen MR) is 78.3 cm³/mol. The predicted octanol–water partition coefficient (Wildman–Crippen LogP) is 4.05. The molecule has 1 aliphatic rings. The number of hydrogen-bond donors (Lipinski definition) is 1. The Morgan fingerprint density at radius 2 is 2.05 bits per heavy atom. The molecular formula is C15H20ClNO2. The van der Waals surface area contributed by atoms with Crippen LogP contribution in [-0.2, 0) is 0 Å². The zero-order chi connectivity index (χ0) is 14.0. The lowest BCUT2D eigenvalue weighted by atomic mass is 9.78. The summed E-state index contributed by atoms with van der Waals surface area (Å²) < 4.78 is 0. The number of anilines is 1. The van der Waals surface area contributed by atoms with Gasteiger partial charge >= 0.3 is 5.97 Å². The first-order chi connectivity index (χ1) is 8.95. The molecule has 0 saturated carbocycles. The molecule has 1 aromatic rings. The number of benzene rings is 1. The Hall–Kier alpha value is -1.22. The van der Waals surface area contributed by atoms with Crippen molar-refractivity contribution in [3.8, 4) is 0 Å². The van der Waals surface area contributed by atoms with Crippen molar-refractivity contribution in [2.24, 2.45) is 5.41 Å². The Balaban J connectivity index is 2.24. The highest BCUT2D eigenvalue weighted by molar-refractivity contribution is 6.31. The summed E-state index contributed by atoms with van der Waals surface area (Å²) in [6, 6.07) is 4.99. The molecule has 2 rings (SSSR count). The maximum Gasteiger partial charge on any atom is 0.337 e. The summed E-state index contributed by atoms with van der Waals surface area (Å²) in [5.74, 6) is -0.893. The molecule has 0 aromatic heterocycles. The molecule has 0 spiro atoms. The van der Waals surface area contributed by atoms with Crippen LogP contribution in [0.5, 0.6) is 0 Å². The van der Waals surface area contributed by atoms with Crippen LogP contribution in [0.4, 0.5) is 5.69 Å². The second kappa shape index (κ2) is 5.41. The molecule has 1 N–H and O–H groups in total. The van der Waals surface area contributed by atoms with Gasteiger partial charge in [0.1, 0.15) is 0 Å². The van der Waals surface area contributed by atoms with Gasteiger partial charge in [-0.1, -0.05) is 31.9 Å². The first kappa shape index (κ1) is 14.2. The van der Waals surface area contributed by atoms with Crippen molar-refractivity contribution in [1.82, 2.24) is 0 Å². The van der Waals surface area contributed by atoms with E-state index in [9.17, 15) is 9.90 Å². The van der Waals surface area contributed by atoms with Gasteiger partial charge in [0.15, 0.2) is 0 Å². The monoisotopic (exact) mass is 281 g/mol. The van der Waals surface area contributed by atoms with Crippen LogP contribution in [0.3, 0.4) is 0 Å². The van der Waals surface area contributed by atoms with Crippen LogP contribution in [0.15, 0.2) is 18.2 Å². The van der Waals surface area contributed by atoms with E-state index >= 15 is 0 Å². The highest BCUT2D eigenvalue weighted by Gasteiger charge is 2.29. The summed E-state index contributed by atoms with van der Waals surface area (Å²) in [6.45, 7) is 6.31. The first-order valence-electron chi connectivity index (χ1n) is 6.73. The number of carboxylic acids is 1. The fourth-order valence-corrected chi connectivity index (χ4v) is 2.75.